The minimum absolute atomic E-state index is 0.0577. The number of halogens is 1. The molecule has 2 rings (SSSR count). The Kier molecular flexibility index (Phi) is 5.96. The van der Waals surface area contributed by atoms with Crippen LogP contribution in [0.3, 0.4) is 0 Å². The van der Waals surface area contributed by atoms with Gasteiger partial charge in [0.1, 0.15) is 0 Å². The van der Waals surface area contributed by atoms with E-state index < -0.39 is 20.9 Å². The van der Waals surface area contributed by atoms with Crippen LogP contribution >= 0.6 is 11.6 Å². The summed E-state index contributed by atoms with van der Waals surface area (Å²) in [6, 6.07) is 9.77. The first-order valence-electron chi connectivity index (χ1n) is 7.37. The molecule has 138 valence electrons. The molecule has 0 aliphatic heterocycles. The highest BCUT2D eigenvalue weighted by Crippen LogP contribution is 2.23. The smallest absolute Gasteiger partial charge is 0.270 e. The minimum atomic E-state index is -3.68. The van der Waals surface area contributed by atoms with E-state index in [-0.39, 0.29) is 27.7 Å². The van der Waals surface area contributed by atoms with Gasteiger partial charge >= 0.3 is 0 Å². The quantitative estimate of drug-likeness (QED) is 0.594. The summed E-state index contributed by atoms with van der Waals surface area (Å²) in [5.74, 6) is -0.643. The fourth-order valence-corrected chi connectivity index (χ4v) is 3.49. The van der Waals surface area contributed by atoms with Crippen molar-refractivity contribution in [3.63, 3.8) is 0 Å². The van der Waals surface area contributed by atoms with Crippen molar-refractivity contribution in [2.45, 2.75) is 11.4 Å². The fourth-order valence-electron chi connectivity index (χ4n) is 2.17. The molecule has 1 amide bonds. The number of benzene rings is 2. The molecule has 0 fully saturated rings. The first-order valence-corrected chi connectivity index (χ1v) is 9.19. The number of hydrogen-bond acceptors (Lipinski definition) is 5. The van der Waals surface area contributed by atoms with E-state index in [1.54, 1.807) is 18.2 Å². The van der Waals surface area contributed by atoms with Crippen molar-refractivity contribution < 1.29 is 18.1 Å². The number of non-ortho nitro benzene ring substituents is 1. The molecule has 0 aromatic heterocycles. The van der Waals surface area contributed by atoms with Gasteiger partial charge in [-0.15, -0.1) is 0 Å². The third kappa shape index (κ3) is 4.18. The first kappa shape index (κ1) is 19.8. The van der Waals surface area contributed by atoms with Crippen molar-refractivity contribution in [1.29, 1.82) is 0 Å². The van der Waals surface area contributed by atoms with Gasteiger partial charge in [0.15, 0.2) is 0 Å². The van der Waals surface area contributed by atoms with Crippen molar-refractivity contribution in [3.05, 3.63) is 68.7 Å². The SMILES string of the molecule is CN(C)S(=O)(=O)c1ccccc1CNC(=O)c1cc([N+](=O)[O-])ccc1Cl. The highest BCUT2D eigenvalue weighted by Gasteiger charge is 2.21. The van der Waals surface area contributed by atoms with Gasteiger partial charge in [0, 0.05) is 32.8 Å². The molecule has 0 aliphatic carbocycles. The van der Waals surface area contributed by atoms with Gasteiger partial charge in [0.05, 0.1) is 20.4 Å². The summed E-state index contributed by atoms with van der Waals surface area (Å²) >= 11 is 5.94. The average molecular weight is 398 g/mol. The standard InChI is InChI=1S/C16H16ClN3O5S/c1-19(2)26(24,25)15-6-4-3-5-11(15)10-18-16(21)13-9-12(20(22)23)7-8-14(13)17/h3-9H,10H2,1-2H3,(H,18,21). The van der Waals surface area contributed by atoms with Crippen LogP contribution in [-0.4, -0.2) is 37.6 Å². The second kappa shape index (κ2) is 7.81. The molecule has 0 aliphatic rings. The monoisotopic (exact) mass is 397 g/mol. The van der Waals surface area contributed by atoms with Crippen LogP contribution in [0.2, 0.25) is 5.02 Å². The van der Waals surface area contributed by atoms with Crippen LogP contribution in [0, 0.1) is 10.1 Å². The van der Waals surface area contributed by atoms with Gasteiger partial charge in [-0.1, -0.05) is 29.8 Å². The zero-order chi connectivity index (χ0) is 19.5. The summed E-state index contributed by atoms with van der Waals surface area (Å²) < 4.78 is 25.8. The molecule has 1 N–H and O–H groups in total. The summed E-state index contributed by atoms with van der Waals surface area (Å²) in [5.41, 5.74) is 0.0556. The fraction of sp³-hybridized carbons (Fsp3) is 0.188. The third-order valence-corrected chi connectivity index (χ3v) is 5.82. The zero-order valence-corrected chi connectivity index (χ0v) is 15.5. The Morgan fingerprint density at radius 2 is 1.88 bits per heavy atom. The van der Waals surface area contributed by atoms with Crippen LogP contribution in [0.25, 0.3) is 0 Å². The second-order valence-corrected chi connectivity index (χ2v) is 8.03. The predicted molar refractivity (Wildman–Crippen MR) is 96.6 cm³/mol. The van der Waals surface area contributed by atoms with E-state index in [1.807, 2.05) is 0 Å². The summed E-state index contributed by atoms with van der Waals surface area (Å²) in [5, 5.41) is 13.4. The van der Waals surface area contributed by atoms with Crippen LogP contribution in [0.15, 0.2) is 47.4 Å². The molecule has 8 nitrogen and oxygen atoms in total. The van der Waals surface area contributed by atoms with Crippen LogP contribution in [0.4, 0.5) is 5.69 Å². The molecule has 0 radical (unpaired) electrons. The van der Waals surface area contributed by atoms with Crippen molar-refractivity contribution >= 4 is 33.2 Å². The van der Waals surface area contributed by atoms with E-state index in [0.717, 1.165) is 10.4 Å². The number of hydrogen-bond donors (Lipinski definition) is 1. The third-order valence-electron chi connectivity index (χ3n) is 3.58. The Morgan fingerprint density at radius 1 is 1.23 bits per heavy atom. The average Bonchev–Trinajstić information content (AvgIpc) is 2.59. The molecule has 0 bridgehead atoms. The molecule has 2 aromatic rings. The predicted octanol–water partition coefficient (Wildman–Crippen LogP) is 2.43. The van der Waals surface area contributed by atoms with Crippen LogP contribution in [-0.2, 0) is 16.6 Å². The summed E-state index contributed by atoms with van der Waals surface area (Å²) in [4.78, 5) is 22.6. The topological polar surface area (TPSA) is 110 Å². The van der Waals surface area contributed by atoms with E-state index in [2.05, 4.69) is 5.32 Å². The number of carbonyl (C=O) groups is 1. The van der Waals surface area contributed by atoms with Crippen molar-refractivity contribution in [2.75, 3.05) is 14.1 Å². The van der Waals surface area contributed by atoms with Crippen molar-refractivity contribution in [3.8, 4) is 0 Å². The van der Waals surface area contributed by atoms with Crippen LogP contribution in [0.5, 0.6) is 0 Å². The maximum absolute atomic E-state index is 12.4. The number of rotatable bonds is 6. The molecule has 0 spiro atoms. The van der Waals surface area contributed by atoms with Gasteiger partial charge in [0.2, 0.25) is 10.0 Å². The lowest BCUT2D eigenvalue weighted by atomic mass is 10.1. The van der Waals surface area contributed by atoms with E-state index in [1.165, 1.54) is 32.3 Å². The number of amides is 1. The Labute approximate surface area is 155 Å². The van der Waals surface area contributed by atoms with Crippen molar-refractivity contribution in [1.82, 2.24) is 9.62 Å². The number of carbonyl (C=O) groups excluding carboxylic acids is 1. The highest BCUT2D eigenvalue weighted by molar-refractivity contribution is 7.89. The maximum atomic E-state index is 12.4. The van der Waals surface area contributed by atoms with Gasteiger partial charge in [0.25, 0.3) is 11.6 Å². The number of nitro benzene ring substituents is 1. The Balaban J connectivity index is 2.27. The van der Waals surface area contributed by atoms with Gasteiger partial charge in [-0.25, -0.2) is 12.7 Å². The summed E-state index contributed by atoms with van der Waals surface area (Å²) in [6.45, 7) is -0.0822. The van der Waals surface area contributed by atoms with E-state index in [4.69, 9.17) is 11.6 Å². The lowest BCUT2D eigenvalue weighted by Gasteiger charge is -2.15. The molecule has 10 heteroatoms. The molecule has 26 heavy (non-hydrogen) atoms. The summed E-state index contributed by atoms with van der Waals surface area (Å²) in [7, 11) is -0.859. The molecule has 0 atom stereocenters. The first-order chi connectivity index (χ1) is 12.1. The van der Waals surface area contributed by atoms with Crippen LogP contribution < -0.4 is 5.32 Å². The minimum Gasteiger partial charge on any atom is -0.348 e. The zero-order valence-electron chi connectivity index (χ0n) is 14.0. The van der Waals surface area contributed by atoms with Gasteiger partial charge < -0.3 is 5.32 Å². The van der Waals surface area contributed by atoms with E-state index in [0.29, 0.717) is 5.56 Å². The van der Waals surface area contributed by atoms with Gasteiger partial charge in [-0.05, 0) is 17.7 Å². The van der Waals surface area contributed by atoms with Gasteiger partial charge in [-0.2, -0.15) is 0 Å². The highest BCUT2D eigenvalue weighted by atomic mass is 35.5. The summed E-state index contributed by atoms with van der Waals surface area (Å²) in [6.07, 6.45) is 0. The number of sulfonamides is 1. The largest absolute Gasteiger partial charge is 0.348 e. The van der Waals surface area contributed by atoms with Crippen molar-refractivity contribution in [2.24, 2.45) is 0 Å². The molecule has 2 aromatic carbocycles. The molecule has 0 saturated heterocycles. The molecule has 0 unspecified atom stereocenters. The lowest BCUT2D eigenvalue weighted by Crippen LogP contribution is -2.27. The van der Waals surface area contributed by atoms with E-state index >= 15 is 0 Å². The number of nitro groups is 1. The number of nitrogens with one attached hydrogen (secondary N) is 1. The Morgan fingerprint density at radius 3 is 2.50 bits per heavy atom. The molecular formula is C16H16ClN3O5S. The molecular weight excluding hydrogens is 382 g/mol. The van der Waals surface area contributed by atoms with Crippen LogP contribution in [0.1, 0.15) is 15.9 Å². The normalized spacial score (nSPS) is 11.4. The Hall–Kier alpha value is -2.49. The molecule has 0 saturated carbocycles. The second-order valence-electron chi connectivity index (χ2n) is 5.50. The lowest BCUT2D eigenvalue weighted by molar-refractivity contribution is -0.384. The van der Waals surface area contributed by atoms with E-state index in [9.17, 15) is 23.3 Å². The van der Waals surface area contributed by atoms with Gasteiger partial charge in [-0.3, -0.25) is 14.9 Å². The molecule has 0 heterocycles. The Bertz CT molecular complexity index is 960. The number of nitrogens with zero attached hydrogens (tertiary/aromatic N) is 2. The maximum Gasteiger partial charge on any atom is 0.270 e.